The highest BCUT2D eigenvalue weighted by molar-refractivity contribution is 7.81. The summed E-state index contributed by atoms with van der Waals surface area (Å²) in [6, 6.07) is 0. The molecule has 0 N–H and O–H groups in total. The molecule has 0 aliphatic rings. The van der Waals surface area contributed by atoms with Gasteiger partial charge in [0.15, 0.2) is 0 Å². The predicted molar refractivity (Wildman–Crippen MR) is 48.9 cm³/mol. The van der Waals surface area contributed by atoms with Gasteiger partial charge in [-0.15, -0.1) is 0 Å². The standard InChI is InChI=1S/C8H16O2S/c1-4-7(11)5-8(9)10-6(2)3/h6-7,11H,4-5H2,1-3H3. The number of hydrogen-bond donors (Lipinski definition) is 1. The van der Waals surface area contributed by atoms with E-state index in [-0.39, 0.29) is 17.3 Å². The van der Waals surface area contributed by atoms with Gasteiger partial charge < -0.3 is 4.74 Å². The van der Waals surface area contributed by atoms with Crippen molar-refractivity contribution in [2.24, 2.45) is 0 Å². The van der Waals surface area contributed by atoms with Gasteiger partial charge in [0.2, 0.25) is 0 Å². The number of hydrogen-bond acceptors (Lipinski definition) is 3. The molecule has 11 heavy (non-hydrogen) atoms. The van der Waals surface area contributed by atoms with E-state index in [0.29, 0.717) is 6.42 Å². The molecule has 0 fully saturated rings. The lowest BCUT2D eigenvalue weighted by molar-refractivity contribution is -0.147. The Bertz CT molecular complexity index is 123. The fourth-order valence-corrected chi connectivity index (χ4v) is 0.797. The molecule has 0 bridgehead atoms. The SMILES string of the molecule is CCC(S)CC(=O)OC(C)C. The monoisotopic (exact) mass is 176 g/mol. The fourth-order valence-electron chi connectivity index (χ4n) is 0.648. The molecule has 0 aliphatic heterocycles. The van der Waals surface area contributed by atoms with Crippen molar-refractivity contribution in [2.45, 2.75) is 45.0 Å². The van der Waals surface area contributed by atoms with Gasteiger partial charge in [0.05, 0.1) is 12.5 Å². The minimum Gasteiger partial charge on any atom is -0.463 e. The summed E-state index contributed by atoms with van der Waals surface area (Å²) >= 11 is 4.19. The van der Waals surface area contributed by atoms with Crippen molar-refractivity contribution in [1.82, 2.24) is 0 Å². The first kappa shape index (κ1) is 10.8. The maximum absolute atomic E-state index is 11.0. The number of rotatable bonds is 4. The van der Waals surface area contributed by atoms with Gasteiger partial charge in [0, 0.05) is 5.25 Å². The van der Waals surface area contributed by atoms with Crippen LogP contribution in [0.15, 0.2) is 0 Å². The number of thiol groups is 1. The first-order chi connectivity index (χ1) is 5.06. The maximum atomic E-state index is 11.0. The second-order valence-corrected chi connectivity index (χ2v) is 3.54. The van der Waals surface area contributed by atoms with Gasteiger partial charge >= 0.3 is 5.97 Å². The molecule has 66 valence electrons. The highest BCUT2D eigenvalue weighted by atomic mass is 32.1. The number of carbonyl (C=O) groups excluding carboxylic acids is 1. The van der Waals surface area contributed by atoms with Gasteiger partial charge in [0.25, 0.3) is 0 Å². The van der Waals surface area contributed by atoms with Crippen LogP contribution in [0.5, 0.6) is 0 Å². The minimum atomic E-state index is -0.151. The van der Waals surface area contributed by atoms with Crippen LogP contribution in [0.25, 0.3) is 0 Å². The Balaban J connectivity index is 3.52. The van der Waals surface area contributed by atoms with Crippen LogP contribution in [0.2, 0.25) is 0 Å². The van der Waals surface area contributed by atoms with E-state index in [1.54, 1.807) is 0 Å². The minimum absolute atomic E-state index is 0.0140. The van der Waals surface area contributed by atoms with Gasteiger partial charge in [0.1, 0.15) is 0 Å². The quantitative estimate of drug-likeness (QED) is 0.524. The summed E-state index contributed by atoms with van der Waals surface area (Å²) in [6.45, 7) is 5.69. The molecule has 0 saturated heterocycles. The molecule has 0 spiro atoms. The summed E-state index contributed by atoms with van der Waals surface area (Å²) < 4.78 is 4.93. The van der Waals surface area contributed by atoms with Crippen LogP contribution in [0.4, 0.5) is 0 Å². The van der Waals surface area contributed by atoms with E-state index in [0.717, 1.165) is 6.42 Å². The van der Waals surface area contributed by atoms with E-state index in [4.69, 9.17) is 4.74 Å². The normalized spacial score (nSPS) is 13.2. The molecule has 1 unspecified atom stereocenters. The zero-order valence-corrected chi connectivity index (χ0v) is 8.23. The van der Waals surface area contributed by atoms with Crippen LogP contribution in [0.1, 0.15) is 33.6 Å². The third-order valence-electron chi connectivity index (χ3n) is 1.24. The summed E-state index contributed by atoms with van der Waals surface area (Å²) in [5.41, 5.74) is 0. The second kappa shape index (κ2) is 5.47. The van der Waals surface area contributed by atoms with Crippen LogP contribution in [0.3, 0.4) is 0 Å². The predicted octanol–water partition coefficient (Wildman–Crippen LogP) is 2.04. The lowest BCUT2D eigenvalue weighted by Crippen LogP contribution is -2.15. The third-order valence-corrected chi connectivity index (χ3v) is 1.79. The van der Waals surface area contributed by atoms with Crippen molar-refractivity contribution in [3.05, 3.63) is 0 Å². The number of esters is 1. The summed E-state index contributed by atoms with van der Waals surface area (Å²) in [4.78, 5) is 11.0. The molecule has 3 heteroatoms. The van der Waals surface area contributed by atoms with E-state index in [1.165, 1.54) is 0 Å². The van der Waals surface area contributed by atoms with E-state index in [1.807, 2.05) is 20.8 Å². The Kier molecular flexibility index (Phi) is 5.38. The van der Waals surface area contributed by atoms with E-state index in [9.17, 15) is 4.79 Å². The summed E-state index contributed by atoms with van der Waals surface area (Å²) in [6.07, 6.45) is 1.30. The van der Waals surface area contributed by atoms with Gasteiger partial charge in [-0.3, -0.25) is 4.79 Å². The Morgan fingerprint density at radius 2 is 2.09 bits per heavy atom. The molecule has 0 saturated carbocycles. The molecule has 0 amide bonds. The van der Waals surface area contributed by atoms with Crippen molar-refractivity contribution < 1.29 is 9.53 Å². The Hall–Kier alpha value is -0.180. The molecule has 0 aromatic rings. The summed E-state index contributed by atoms with van der Waals surface area (Å²) in [5, 5.41) is 0.140. The highest BCUT2D eigenvalue weighted by Gasteiger charge is 2.09. The molecule has 0 radical (unpaired) electrons. The van der Waals surface area contributed by atoms with E-state index in [2.05, 4.69) is 12.6 Å². The lowest BCUT2D eigenvalue weighted by Gasteiger charge is -2.10. The zero-order valence-electron chi connectivity index (χ0n) is 7.33. The molecule has 0 aromatic heterocycles. The largest absolute Gasteiger partial charge is 0.463 e. The van der Waals surface area contributed by atoms with E-state index >= 15 is 0 Å². The zero-order chi connectivity index (χ0) is 8.85. The van der Waals surface area contributed by atoms with Crippen LogP contribution < -0.4 is 0 Å². The lowest BCUT2D eigenvalue weighted by atomic mass is 10.2. The fraction of sp³-hybridized carbons (Fsp3) is 0.875. The number of carbonyl (C=O) groups is 1. The van der Waals surface area contributed by atoms with Crippen molar-refractivity contribution >= 4 is 18.6 Å². The number of ether oxygens (including phenoxy) is 1. The Morgan fingerprint density at radius 1 is 1.55 bits per heavy atom. The van der Waals surface area contributed by atoms with E-state index < -0.39 is 0 Å². The average Bonchev–Trinajstić information content (AvgIpc) is 1.85. The van der Waals surface area contributed by atoms with Crippen LogP contribution in [-0.2, 0) is 9.53 Å². The molecule has 0 aromatic carbocycles. The molecule has 0 aliphatic carbocycles. The van der Waals surface area contributed by atoms with Crippen molar-refractivity contribution in [2.75, 3.05) is 0 Å². The topological polar surface area (TPSA) is 26.3 Å². The molecule has 0 rings (SSSR count). The molecular weight excluding hydrogens is 160 g/mol. The molecule has 0 heterocycles. The maximum Gasteiger partial charge on any atom is 0.307 e. The van der Waals surface area contributed by atoms with Gasteiger partial charge in [-0.1, -0.05) is 6.92 Å². The van der Waals surface area contributed by atoms with Gasteiger partial charge in [-0.05, 0) is 20.3 Å². The smallest absolute Gasteiger partial charge is 0.307 e. The van der Waals surface area contributed by atoms with Crippen molar-refractivity contribution in [1.29, 1.82) is 0 Å². The van der Waals surface area contributed by atoms with Crippen LogP contribution in [-0.4, -0.2) is 17.3 Å². The van der Waals surface area contributed by atoms with Crippen LogP contribution in [0, 0.1) is 0 Å². The molecule has 2 nitrogen and oxygen atoms in total. The highest BCUT2D eigenvalue weighted by Crippen LogP contribution is 2.07. The van der Waals surface area contributed by atoms with Gasteiger partial charge in [-0.2, -0.15) is 12.6 Å². The Morgan fingerprint density at radius 3 is 2.45 bits per heavy atom. The molecular formula is C8H16O2S. The van der Waals surface area contributed by atoms with Crippen molar-refractivity contribution in [3.8, 4) is 0 Å². The summed E-state index contributed by atoms with van der Waals surface area (Å²) in [5.74, 6) is -0.151. The average molecular weight is 176 g/mol. The summed E-state index contributed by atoms with van der Waals surface area (Å²) in [7, 11) is 0. The second-order valence-electron chi connectivity index (χ2n) is 2.80. The first-order valence-corrected chi connectivity index (χ1v) is 4.45. The van der Waals surface area contributed by atoms with Crippen molar-refractivity contribution in [3.63, 3.8) is 0 Å². The first-order valence-electron chi connectivity index (χ1n) is 3.93. The molecule has 1 atom stereocenters. The Labute approximate surface area is 73.7 Å². The van der Waals surface area contributed by atoms with Gasteiger partial charge in [-0.25, -0.2) is 0 Å². The van der Waals surface area contributed by atoms with Crippen LogP contribution >= 0.6 is 12.6 Å². The third kappa shape index (κ3) is 6.23.